The van der Waals surface area contributed by atoms with E-state index in [1.807, 2.05) is 31.0 Å². The van der Waals surface area contributed by atoms with Crippen molar-refractivity contribution in [3.8, 4) is 0 Å². The summed E-state index contributed by atoms with van der Waals surface area (Å²) in [4.78, 5) is 24.6. The Labute approximate surface area is 172 Å². The SMILES string of the molecule is CC(C)[C@H](C=O)N(C(=O)OC(C)(C)C)N1CCC(O)(c2ccc(Cl)cc2)CC1. The Morgan fingerprint density at radius 3 is 2.21 bits per heavy atom. The van der Waals surface area contributed by atoms with Gasteiger partial charge in [0.05, 0.1) is 5.60 Å². The van der Waals surface area contributed by atoms with Crippen LogP contribution in [0.15, 0.2) is 24.3 Å². The number of piperidine rings is 1. The fraction of sp³-hybridized carbons (Fsp3) is 0.619. The monoisotopic (exact) mass is 410 g/mol. The molecule has 1 fully saturated rings. The van der Waals surface area contributed by atoms with Crippen LogP contribution >= 0.6 is 11.6 Å². The lowest BCUT2D eigenvalue weighted by molar-refractivity contribution is -0.138. The standard InChI is InChI=1S/C21H31ClN2O4/c1-15(2)18(14-25)24(19(26)28-20(3,4)5)23-12-10-21(27,11-13-23)16-6-8-17(22)9-7-16/h6-9,14-15,18,27H,10-13H2,1-5H3/t18-/m0/s1. The van der Waals surface area contributed by atoms with Crippen LogP contribution in [0.5, 0.6) is 0 Å². The van der Waals surface area contributed by atoms with Crippen LogP contribution in [0.25, 0.3) is 0 Å². The average Bonchev–Trinajstić information content (AvgIpc) is 2.59. The van der Waals surface area contributed by atoms with Gasteiger partial charge in [0.15, 0.2) is 0 Å². The van der Waals surface area contributed by atoms with Crippen LogP contribution in [-0.2, 0) is 15.1 Å². The van der Waals surface area contributed by atoms with Crippen molar-refractivity contribution >= 4 is 24.0 Å². The van der Waals surface area contributed by atoms with Crippen molar-refractivity contribution in [1.82, 2.24) is 10.0 Å². The minimum atomic E-state index is -0.991. The van der Waals surface area contributed by atoms with Gasteiger partial charge in [-0.2, -0.15) is 0 Å². The number of hydrazine groups is 1. The molecule has 156 valence electrons. The maximum atomic E-state index is 12.9. The van der Waals surface area contributed by atoms with Crippen LogP contribution in [-0.4, -0.2) is 52.2 Å². The number of aldehydes is 1. The summed E-state index contributed by atoms with van der Waals surface area (Å²) in [7, 11) is 0. The number of rotatable bonds is 5. The van der Waals surface area contributed by atoms with E-state index >= 15 is 0 Å². The quantitative estimate of drug-likeness (QED) is 0.743. The van der Waals surface area contributed by atoms with Crippen molar-refractivity contribution in [1.29, 1.82) is 0 Å². The fourth-order valence-electron chi connectivity index (χ4n) is 3.36. The van der Waals surface area contributed by atoms with Gasteiger partial charge in [0.2, 0.25) is 0 Å². The Morgan fingerprint density at radius 2 is 1.79 bits per heavy atom. The molecule has 0 saturated carbocycles. The molecule has 0 spiro atoms. The normalized spacial score (nSPS) is 18.6. The van der Waals surface area contributed by atoms with E-state index in [-0.39, 0.29) is 5.92 Å². The van der Waals surface area contributed by atoms with Crippen molar-refractivity contribution in [3.05, 3.63) is 34.9 Å². The van der Waals surface area contributed by atoms with Gasteiger partial charge in [0, 0.05) is 18.1 Å². The summed E-state index contributed by atoms with van der Waals surface area (Å²) >= 11 is 5.95. The molecular formula is C21H31ClN2O4. The number of aliphatic hydroxyl groups is 1. The molecule has 1 aliphatic heterocycles. The molecule has 28 heavy (non-hydrogen) atoms. The molecule has 7 heteroatoms. The molecular weight excluding hydrogens is 380 g/mol. The summed E-state index contributed by atoms with van der Waals surface area (Å²) in [6.07, 6.45) is 1.10. The fourth-order valence-corrected chi connectivity index (χ4v) is 3.49. The zero-order valence-electron chi connectivity index (χ0n) is 17.3. The highest BCUT2D eigenvalue weighted by atomic mass is 35.5. The number of carbonyl (C=O) groups excluding carboxylic acids is 2. The second-order valence-corrected chi connectivity index (χ2v) is 9.12. The van der Waals surface area contributed by atoms with Crippen molar-refractivity contribution in [2.24, 2.45) is 5.92 Å². The number of hydrogen-bond acceptors (Lipinski definition) is 5. The molecule has 0 aromatic heterocycles. The molecule has 0 aliphatic carbocycles. The van der Waals surface area contributed by atoms with Crippen molar-refractivity contribution in [2.45, 2.75) is 64.7 Å². The number of ether oxygens (including phenoxy) is 1. The van der Waals surface area contributed by atoms with Gasteiger partial charge >= 0.3 is 6.09 Å². The van der Waals surface area contributed by atoms with Crippen molar-refractivity contribution in [3.63, 3.8) is 0 Å². The molecule has 1 N–H and O–H groups in total. The summed E-state index contributed by atoms with van der Waals surface area (Å²) in [5.74, 6) is -0.0675. The first kappa shape index (κ1) is 22.7. The lowest BCUT2D eigenvalue weighted by Gasteiger charge is -2.45. The molecule has 1 heterocycles. The summed E-state index contributed by atoms with van der Waals surface area (Å²) < 4.78 is 5.55. The van der Waals surface area contributed by atoms with E-state index < -0.39 is 23.3 Å². The smallest absolute Gasteiger partial charge is 0.425 e. The topological polar surface area (TPSA) is 70.1 Å². The molecule has 1 aromatic carbocycles. The van der Waals surface area contributed by atoms with Crippen LogP contribution in [0.4, 0.5) is 4.79 Å². The summed E-state index contributed by atoms with van der Waals surface area (Å²) in [5, 5.41) is 14.9. The van der Waals surface area contributed by atoms with E-state index in [9.17, 15) is 14.7 Å². The number of benzene rings is 1. The average molecular weight is 411 g/mol. The summed E-state index contributed by atoms with van der Waals surface area (Å²) in [6, 6.07) is 6.54. The maximum absolute atomic E-state index is 12.9. The van der Waals surface area contributed by atoms with Gasteiger partial charge in [-0.15, -0.1) is 0 Å². The van der Waals surface area contributed by atoms with Gasteiger partial charge in [-0.25, -0.2) is 14.8 Å². The summed E-state index contributed by atoms with van der Waals surface area (Å²) in [6.45, 7) is 10.0. The van der Waals surface area contributed by atoms with Crippen LogP contribution in [0, 0.1) is 5.92 Å². The molecule has 1 atom stereocenters. The zero-order valence-corrected chi connectivity index (χ0v) is 18.1. The Hall–Kier alpha value is -1.63. The van der Waals surface area contributed by atoms with Crippen molar-refractivity contribution < 1.29 is 19.4 Å². The minimum absolute atomic E-state index is 0.0675. The zero-order chi connectivity index (χ0) is 21.1. The number of nitrogens with zero attached hydrogens (tertiary/aromatic N) is 2. The third kappa shape index (κ3) is 5.46. The van der Waals surface area contributed by atoms with Gasteiger partial charge in [-0.1, -0.05) is 37.6 Å². The summed E-state index contributed by atoms with van der Waals surface area (Å²) in [5.41, 5.74) is -0.856. The first-order chi connectivity index (χ1) is 13.0. The predicted molar refractivity (Wildman–Crippen MR) is 109 cm³/mol. The molecule has 0 radical (unpaired) electrons. The molecule has 2 rings (SSSR count). The van der Waals surface area contributed by atoms with Gasteiger partial charge < -0.3 is 14.6 Å². The largest absolute Gasteiger partial charge is 0.443 e. The highest BCUT2D eigenvalue weighted by Gasteiger charge is 2.40. The predicted octanol–water partition coefficient (Wildman–Crippen LogP) is 4.00. The molecule has 1 amide bonds. The van der Waals surface area contributed by atoms with E-state index in [1.165, 1.54) is 5.01 Å². The molecule has 0 unspecified atom stereocenters. The Bertz CT molecular complexity index is 677. The molecule has 1 saturated heterocycles. The van der Waals surface area contributed by atoms with E-state index in [0.29, 0.717) is 31.0 Å². The third-order valence-electron chi connectivity index (χ3n) is 4.94. The molecule has 1 aromatic rings. The van der Waals surface area contributed by atoms with Crippen LogP contribution in [0.3, 0.4) is 0 Å². The first-order valence-electron chi connectivity index (χ1n) is 9.67. The van der Waals surface area contributed by atoms with Gasteiger partial charge in [0.1, 0.15) is 17.9 Å². The van der Waals surface area contributed by atoms with Crippen LogP contribution < -0.4 is 0 Å². The molecule has 0 bridgehead atoms. The molecule has 1 aliphatic rings. The van der Waals surface area contributed by atoms with E-state index in [1.54, 1.807) is 32.9 Å². The van der Waals surface area contributed by atoms with Crippen LogP contribution in [0.1, 0.15) is 53.0 Å². The highest BCUT2D eigenvalue weighted by molar-refractivity contribution is 6.30. The van der Waals surface area contributed by atoms with Gasteiger partial charge in [-0.3, -0.25) is 0 Å². The first-order valence-corrected chi connectivity index (χ1v) is 10.1. The Morgan fingerprint density at radius 1 is 1.25 bits per heavy atom. The second-order valence-electron chi connectivity index (χ2n) is 8.69. The minimum Gasteiger partial charge on any atom is -0.443 e. The Kier molecular flexibility index (Phi) is 7.12. The van der Waals surface area contributed by atoms with Crippen molar-refractivity contribution in [2.75, 3.05) is 13.1 Å². The van der Waals surface area contributed by atoms with E-state index in [0.717, 1.165) is 11.8 Å². The second kappa shape index (κ2) is 8.80. The number of amides is 1. The molecule has 6 nitrogen and oxygen atoms in total. The number of hydrogen-bond donors (Lipinski definition) is 1. The van der Waals surface area contributed by atoms with E-state index in [4.69, 9.17) is 16.3 Å². The highest BCUT2D eigenvalue weighted by Crippen LogP contribution is 2.34. The van der Waals surface area contributed by atoms with E-state index in [2.05, 4.69) is 0 Å². The lowest BCUT2D eigenvalue weighted by Crippen LogP contribution is -2.59. The van der Waals surface area contributed by atoms with Gasteiger partial charge in [-0.05, 0) is 57.2 Å². The van der Waals surface area contributed by atoms with Gasteiger partial charge in [0.25, 0.3) is 0 Å². The Balaban J connectivity index is 2.20. The third-order valence-corrected chi connectivity index (χ3v) is 5.19. The number of halogens is 1. The maximum Gasteiger partial charge on any atom is 0.425 e. The van der Waals surface area contributed by atoms with Crippen LogP contribution in [0.2, 0.25) is 5.02 Å². The number of carbonyl (C=O) groups is 2. The lowest BCUT2D eigenvalue weighted by atomic mass is 9.85.